The number of benzene rings is 1. The molecule has 1 aromatic carbocycles. The third kappa shape index (κ3) is 1.80. The molecule has 0 aliphatic rings. The average molecular weight is 216 g/mol. The minimum Gasteiger partial charge on any atom is -0.302 e. The lowest BCUT2D eigenvalue weighted by Gasteiger charge is -1.98. The molecule has 0 N–H and O–H groups in total. The average Bonchev–Trinajstić information content (AvgIpc) is 2.63. The van der Waals surface area contributed by atoms with Crippen LogP contribution in [-0.2, 0) is 7.05 Å². The van der Waals surface area contributed by atoms with Gasteiger partial charge < -0.3 is 4.57 Å². The van der Waals surface area contributed by atoms with Gasteiger partial charge in [-0.25, -0.2) is 0 Å². The summed E-state index contributed by atoms with van der Waals surface area (Å²) in [5, 5.41) is 8.47. The molecule has 1 aromatic heterocycles. The molecule has 2 rings (SSSR count). The molecule has 5 heteroatoms. The van der Waals surface area contributed by atoms with Gasteiger partial charge in [0.15, 0.2) is 5.82 Å². The van der Waals surface area contributed by atoms with Crippen LogP contribution in [0.15, 0.2) is 35.3 Å². The van der Waals surface area contributed by atoms with E-state index in [2.05, 4.69) is 9.37 Å². The van der Waals surface area contributed by atoms with E-state index >= 15 is 0 Å². The van der Waals surface area contributed by atoms with Crippen molar-refractivity contribution in [2.24, 2.45) is 12.0 Å². The molecule has 0 saturated carbocycles. The number of nitrogens with zero attached hydrogens (tertiary/aromatic N) is 4. The molecule has 0 fully saturated rings. The summed E-state index contributed by atoms with van der Waals surface area (Å²) in [5.74, 6) is 0.828. The number of hydrogen-bond acceptors (Lipinski definition) is 4. The predicted molar refractivity (Wildman–Crippen MR) is 57.7 cm³/mol. The van der Waals surface area contributed by atoms with Gasteiger partial charge in [-0.1, -0.05) is 30.3 Å². The zero-order chi connectivity index (χ0) is 10.7. The molecule has 0 aliphatic carbocycles. The minimum absolute atomic E-state index is 0.608. The molecule has 0 saturated heterocycles. The maximum atomic E-state index is 8.47. The molecule has 1 heterocycles. The van der Waals surface area contributed by atoms with E-state index in [1.165, 1.54) is 11.5 Å². The fraction of sp³-hybridized carbons (Fsp3) is 0.100. The third-order valence-electron chi connectivity index (χ3n) is 2.00. The molecule has 0 atom stereocenters. The van der Waals surface area contributed by atoms with Crippen LogP contribution in [0.4, 0.5) is 0 Å². The summed E-state index contributed by atoms with van der Waals surface area (Å²) in [6.45, 7) is 0. The summed E-state index contributed by atoms with van der Waals surface area (Å²) in [4.78, 5) is 4.28. The SMILES string of the molecule is Cn1c(-c2ccccc2)nsc1=NC#N. The van der Waals surface area contributed by atoms with Gasteiger partial charge in [-0.2, -0.15) is 9.64 Å². The summed E-state index contributed by atoms with van der Waals surface area (Å²) in [5.41, 5.74) is 1.02. The molecule has 0 unspecified atom stereocenters. The lowest BCUT2D eigenvalue weighted by Crippen LogP contribution is -2.10. The summed E-state index contributed by atoms with van der Waals surface area (Å²) >= 11 is 1.22. The second-order valence-corrected chi connectivity index (χ2v) is 3.66. The van der Waals surface area contributed by atoms with Gasteiger partial charge in [-0.05, 0) is 0 Å². The zero-order valence-corrected chi connectivity index (χ0v) is 8.90. The Morgan fingerprint density at radius 3 is 2.80 bits per heavy atom. The first kappa shape index (κ1) is 9.62. The minimum atomic E-state index is 0.608. The van der Waals surface area contributed by atoms with Gasteiger partial charge in [-0.15, -0.1) is 4.99 Å². The Bertz CT molecular complexity index is 559. The Labute approximate surface area is 90.9 Å². The maximum Gasteiger partial charge on any atom is 0.220 e. The molecule has 0 aliphatic heterocycles. The number of hydrogen-bond donors (Lipinski definition) is 0. The second kappa shape index (κ2) is 4.07. The predicted octanol–water partition coefficient (Wildman–Crippen LogP) is 1.53. The summed E-state index contributed by atoms with van der Waals surface area (Å²) in [7, 11) is 1.85. The number of aromatic nitrogens is 2. The highest BCUT2D eigenvalue weighted by Crippen LogP contribution is 2.14. The molecule has 15 heavy (non-hydrogen) atoms. The highest BCUT2D eigenvalue weighted by Gasteiger charge is 2.05. The third-order valence-corrected chi connectivity index (χ3v) is 2.79. The normalized spacial score (nSPS) is 11.3. The van der Waals surface area contributed by atoms with Gasteiger partial charge >= 0.3 is 0 Å². The Morgan fingerprint density at radius 2 is 2.13 bits per heavy atom. The Hall–Kier alpha value is -1.93. The van der Waals surface area contributed by atoms with Crippen molar-refractivity contribution in [3.05, 3.63) is 35.1 Å². The van der Waals surface area contributed by atoms with Gasteiger partial charge in [0.2, 0.25) is 11.0 Å². The van der Waals surface area contributed by atoms with E-state index in [9.17, 15) is 0 Å². The van der Waals surface area contributed by atoms with Crippen molar-refractivity contribution in [2.75, 3.05) is 0 Å². The van der Waals surface area contributed by atoms with Crippen molar-refractivity contribution >= 4 is 11.5 Å². The van der Waals surface area contributed by atoms with Gasteiger partial charge in [0, 0.05) is 24.1 Å². The van der Waals surface area contributed by atoms with Crippen LogP contribution in [0.2, 0.25) is 0 Å². The Morgan fingerprint density at radius 1 is 1.40 bits per heavy atom. The molecule has 0 amide bonds. The molecule has 0 spiro atoms. The lowest BCUT2D eigenvalue weighted by atomic mass is 10.2. The highest BCUT2D eigenvalue weighted by molar-refractivity contribution is 7.03. The molecule has 2 aromatic rings. The fourth-order valence-corrected chi connectivity index (χ4v) is 1.96. The van der Waals surface area contributed by atoms with E-state index in [4.69, 9.17) is 5.26 Å². The highest BCUT2D eigenvalue weighted by atomic mass is 32.1. The van der Waals surface area contributed by atoms with Crippen LogP contribution in [0.1, 0.15) is 0 Å². The molecular formula is C10H8N4S. The molecule has 0 radical (unpaired) electrons. The van der Waals surface area contributed by atoms with Crippen molar-refractivity contribution in [2.45, 2.75) is 0 Å². The van der Waals surface area contributed by atoms with Crippen LogP contribution in [0.5, 0.6) is 0 Å². The van der Waals surface area contributed by atoms with E-state index < -0.39 is 0 Å². The monoisotopic (exact) mass is 216 g/mol. The quantitative estimate of drug-likeness (QED) is 0.679. The molecular weight excluding hydrogens is 208 g/mol. The van der Waals surface area contributed by atoms with Gasteiger partial charge in [0.25, 0.3) is 0 Å². The van der Waals surface area contributed by atoms with Crippen LogP contribution in [-0.4, -0.2) is 8.94 Å². The fourth-order valence-electron chi connectivity index (χ4n) is 1.27. The Kier molecular flexibility index (Phi) is 2.61. The first-order chi connectivity index (χ1) is 7.33. The van der Waals surface area contributed by atoms with Crippen LogP contribution < -0.4 is 4.80 Å². The van der Waals surface area contributed by atoms with Gasteiger partial charge in [-0.3, -0.25) is 0 Å². The molecule has 74 valence electrons. The maximum absolute atomic E-state index is 8.47. The second-order valence-electron chi connectivity index (χ2n) is 2.93. The van der Waals surface area contributed by atoms with Crippen molar-refractivity contribution in [1.82, 2.24) is 8.94 Å². The van der Waals surface area contributed by atoms with E-state index in [-0.39, 0.29) is 0 Å². The van der Waals surface area contributed by atoms with Crippen molar-refractivity contribution in [3.63, 3.8) is 0 Å². The first-order valence-corrected chi connectivity index (χ1v) is 5.11. The first-order valence-electron chi connectivity index (χ1n) is 4.34. The van der Waals surface area contributed by atoms with Crippen LogP contribution in [0.3, 0.4) is 0 Å². The lowest BCUT2D eigenvalue weighted by molar-refractivity contribution is 0.871. The standard InChI is InChI=1S/C10H8N4S/c1-14-9(8-5-3-2-4-6-8)13-15-10(14)12-7-11/h2-6H,1H3. The van der Waals surface area contributed by atoms with Crippen molar-refractivity contribution < 1.29 is 0 Å². The zero-order valence-electron chi connectivity index (χ0n) is 8.08. The summed E-state index contributed by atoms with van der Waals surface area (Å²) in [6, 6.07) is 9.82. The number of nitriles is 1. The smallest absolute Gasteiger partial charge is 0.220 e. The van der Waals surface area contributed by atoms with Crippen molar-refractivity contribution in [1.29, 1.82) is 5.26 Å². The van der Waals surface area contributed by atoms with Crippen molar-refractivity contribution in [3.8, 4) is 17.6 Å². The largest absolute Gasteiger partial charge is 0.302 e. The van der Waals surface area contributed by atoms with Crippen LogP contribution in [0, 0.1) is 11.5 Å². The summed E-state index contributed by atoms with van der Waals surface area (Å²) < 4.78 is 6.07. The Balaban J connectivity index is 2.58. The van der Waals surface area contributed by atoms with Gasteiger partial charge in [0.05, 0.1) is 0 Å². The summed E-state index contributed by atoms with van der Waals surface area (Å²) in [6.07, 6.45) is 1.76. The molecule has 0 bridgehead atoms. The van der Waals surface area contributed by atoms with Crippen LogP contribution >= 0.6 is 11.5 Å². The van der Waals surface area contributed by atoms with Gasteiger partial charge in [0.1, 0.15) is 0 Å². The molecule has 4 nitrogen and oxygen atoms in total. The number of rotatable bonds is 1. The van der Waals surface area contributed by atoms with E-state index in [1.807, 2.05) is 41.9 Å². The van der Waals surface area contributed by atoms with E-state index in [0.29, 0.717) is 4.80 Å². The van der Waals surface area contributed by atoms with E-state index in [1.54, 1.807) is 6.19 Å². The van der Waals surface area contributed by atoms with Crippen LogP contribution in [0.25, 0.3) is 11.4 Å². The van der Waals surface area contributed by atoms with E-state index in [0.717, 1.165) is 11.4 Å². The topological polar surface area (TPSA) is 54.0 Å².